The summed E-state index contributed by atoms with van der Waals surface area (Å²) in [4.78, 5) is 12.3. The van der Waals surface area contributed by atoms with Gasteiger partial charge in [-0.2, -0.15) is 5.10 Å². The van der Waals surface area contributed by atoms with Crippen LogP contribution in [0.2, 0.25) is 0 Å². The van der Waals surface area contributed by atoms with Crippen LogP contribution in [0.15, 0.2) is 16.7 Å². The van der Waals surface area contributed by atoms with E-state index in [1.165, 1.54) is 0 Å². The average Bonchev–Trinajstić information content (AvgIpc) is 2.98. The second kappa shape index (κ2) is 5.96. The van der Waals surface area contributed by atoms with Gasteiger partial charge in [-0.25, -0.2) is 0 Å². The molecule has 6 heteroatoms. The SMILES string of the molecule is CCc1nn(C)cc1C(=O)NCC(C)(O)c1cc(C)oc1C. The van der Waals surface area contributed by atoms with Crippen LogP contribution in [-0.4, -0.2) is 27.3 Å². The van der Waals surface area contributed by atoms with Crippen molar-refractivity contribution in [2.45, 2.75) is 39.7 Å². The minimum Gasteiger partial charge on any atom is -0.466 e. The molecule has 1 atom stereocenters. The smallest absolute Gasteiger partial charge is 0.254 e. The van der Waals surface area contributed by atoms with Crippen LogP contribution in [0.3, 0.4) is 0 Å². The van der Waals surface area contributed by atoms with E-state index < -0.39 is 5.60 Å². The minimum absolute atomic E-state index is 0.101. The van der Waals surface area contributed by atoms with Crippen molar-refractivity contribution in [2.24, 2.45) is 7.05 Å². The van der Waals surface area contributed by atoms with Gasteiger partial charge in [0.15, 0.2) is 0 Å². The molecular formula is C16H23N3O3. The summed E-state index contributed by atoms with van der Waals surface area (Å²) < 4.78 is 7.07. The van der Waals surface area contributed by atoms with Gasteiger partial charge in [0.05, 0.1) is 17.8 Å². The molecule has 22 heavy (non-hydrogen) atoms. The van der Waals surface area contributed by atoms with E-state index in [2.05, 4.69) is 10.4 Å². The minimum atomic E-state index is -1.19. The summed E-state index contributed by atoms with van der Waals surface area (Å²) in [5, 5.41) is 17.6. The Hall–Kier alpha value is -2.08. The second-order valence-corrected chi connectivity index (χ2v) is 5.80. The van der Waals surface area contributed by atoms with Crippen molar-refractivity contribution in [2.75, 3.05) is 6.54 Å². The van der Waals surface area contributed by atoms with Gasteiger partial charge >= 0.3 is 0 Å². The van der Waals surface area contributed by atoms with Crippen LogP contribution in [0.5, 0.6) is 0 Å². The third-order valence-electron chi connectivity index (χ3n) is 3.70. The quantitative estimate of drug-likeness (QED) is 0.883. The summed E-state index contributed by atoms with van der Waals surface area (Å²) in [7, 11) is 1.78. The Morgan fingerprint density at radius 1 is 1.50 bits per heavy atom. The Morgan fingerprint density at radius 3 is 2.73 bits per heavy atom. The first kappa shape index (κ1) is 16.3. The maximum Gasteiger partial charge on any atom is 0.254 e. The predicted molar refractivity (Wildman–Crippen MR) is 82.7 cm³/mol. The number of carbonyl (C=O) groups excluding carboxylic acids is 1. The van der Waals surface area contributed by atoms with Gasteiger partial charge in [-0.3, -0.25) is 9.48 Å². The lowest BCUT2D eigenvalue weighted by atomic mass is 9.96. The number of nitrogens with zero attached hydrogens (tertiary/aromatic N) is 2. The fourth-order valence-electron chi connectivity index (χ4n) is 2.59. The van der Waals surface area contributed by atoms with E-state index in [0.717, 1.165) is 11.5 Å². The average molecular weight is 305 g/mol. The van der Waals surface area contributed by atoms with E-state index in [1.54, 1.807) is 37.8 Å². The van der Waals surface area contributed by atoms with Crippen LogP contribution in [0.4, 0.5) is 0 Å². The number of aliphatic hydroxyl groups is 1. The van der Waals surface area contributed by atoms with Gasteiger partial charge in [0.25, 0.3) is 5.91 Å². The topological polar surface area (TPSA) is 80.3 Å². The molecule has 0 aliphatic rings. The largest absolute Gasteiger partial charge is 0.466 e. The molecule has 120 valence electrons. The maximum absolute atomic E-state index is 12.3. The standard InChI is InChI=1S/C16H23N3O3/c1-6-14-12(8-19(5)18-14)15(20)17-9-16(4,21)13-7-10(2)22-11(13)3/h7-8,21H,6,9H2,1-5H3,(H,17,20). The van der Waals surface area contributed by atoms with Crippen LogP contribution in [-0.2, 0) is 19.1 Å². The van der Waals surface area contributed by atoms with Crippen molar-refractivity contribution in [3.8, 4) is 0 Å². The van der Waals surface area contributed by atoms with Gasteiger partial charge in [0.1, 0.15) is 17.1 Å². The van der Waals surface area contributed by atoms with Crippen LogP contribution in [0.25, 0.3) is 0 Å². The first-order chi connectivity index (χ1) is 10.2. The molecule has 1 unspecified atom stereocenters. The van der Waals surface area contributed by atoms with E-state index in [4.69, 9.17) is 4.42 Å². The monoisotopic (exact) mass is 305 g/mol. The van der Waals surface area contributed by atoms with Gasteiger partial charge in [-0.15, -0.1) is 0 Å². The van der Waals surface area contributed by atoms with Gasteiger partial charge < -0.3 is 14.8 Å². The number of aryl methyl sites for hydroxylation is 4. The molecule has 2 aromatic rings. The van der Waals surface area contributed by atoms with Gasteiger partial charge in [0, 0.05) is 18.8 Å². The van der Waals surface area contributed by atoms with Crippen molar-refractivity contribution in [1.82, 2.24) is 15.1 Å². The summed E-state index contributed by atoms with van der Waals surface area (Å²) in [5.74, 6) is 1.16. The number of carbonyl (C=O) groups is 1. The Bertz CT molecular complexity index is 683. The predicted octanol–water partition coefficient (Wildman–Crippen LogP) is 1.83. The molecule has 0 aliphatic heterocycles. The fraction of sp³-hybridized carbons (Fsp3) is 0.500. The molecule has 2 N–H and O–H groups in total. The lowest BCUT2D eigenvalue weighted by Gasteiger charge is -2.23. The fourth-order valence-corrected chi connectivity index (χ4v) is 2.59. The summed E-state index contributed by atoms with van der Waals surface area (Å²) >= 11 is 0. The van der Waals surface area contributed by atoms with E-state index >= 15 is 0 Å². The molecule has 6 nitrogen and oxygen atoms in total. The van der Waals surface area contributed by atoms with Crippen molar-refractivity contribution in [1.29, 1.82) is 0 Å². The number of hydrogen-bond donors (Lipinski definition) is 2. The molecule has 0 aromatic carbocycles. The van der Waals surface area contributed by atoms with Crippen molar-refractivity contribution in [3.05, 3.63) is 40.6 Å². The number of aromatic nitrogens is 2. The number of nitrogens with one attached hydrogen (secondary N) is 1. The summed E-state index contributed by atoms with van der Waals surface area (Å²) in [5.41, 5.74) is 0.787. The van der Waals surface area contributed by atoms with E-state index in [1.807, 2.05) is 13.8 Å². The highest BCUT2D eigenvalue weighted by atomic mass is 16.3. The Morgan fingerprint density at radius 2 is 2.18 bits per heavy atom. The molecule has 2 aromatic heterocycles. The van der Waals surface area contributed by atoms with Gasteiger partial charge in [-0.05, 0) is 33.3 Å². The first-order valence-corrected chi connectivity index (χ1v) is 7.35. The molecule has 0 aliphatic carbocycles. The maximum atomic E-state index is 12.3. The zero-order valence-electron chi connectivity index (χ0n) is 13.7. The number of amides is 1. The molecule has 2 rings (SSSR count). The lowest BCUT2D eigenvalue weighted by molar-refractivity contribution is 0.0513. The molecule has 2 heterocycles. The third-order valence-corrected chi connectivity index (χ3v) is 3.70. The van der Waals surface area contributed by atoms with Crippen molar-refractivity contribution < 1.29 is 14.3 Å². The molecule has 1 amide bonds. The Balaban J connectivity index is 2.11. The van der Waals surface area contributed by atoms with Crippen molar-refractivity contribution in [3.63, 3.8) is 0 Å². The van der Waals surface area contributed by atoms with E-state index in [-0.39, 0.29) is 12.5 Å². The number of hydrogen-bond acceptors (Lipinski definition) is 4. The van der Waals surface area contributed by atoms with Gasteiger partial charge in [-0.1, -0.05) is 6.92 Å². The zero-order chi connectivity index (χ0) is 16.5. The molecule has 0 saturated carbocycles. The number of rotatable bonds is 5. The molecular weight excluding hydrogens is 282 g/mol. The van der Waals surface area contributed by atoms with Gasteiger partial charge in [0.2, 0.25) is 0 Å². The summed E-state index contributed by atoms with van der Waals surface area (Å²) in [6.07, 6.45) is 2.37. The highest BCUT2D eigenvalue weighted by Gasteiger charge is 2.28. The second-order valence-electron chi connectivity index (χ2n) is 5.80. The normalized spacial score (nSPS) is 13.9. The van der Waals surface area contributed by atoms with Crippen LogP contribution >= 0.6 is 0 Å². The first-order valence-electron chi connectivity index (χ1n) is 7.35. The van der Waals surface area contributed by atoms with E-state index in [9.17, 15) is 9.90 Å². The molecule has 0 bridgehead atoms. The highest BCUT2D eigenvalue weighted by Crippen LogP contribution is 2.26. The van der Waals surface area contributed by atoms with Crippen molar-refractivity contribution >= 4 is 5.91 Å². The summed E-state index contributed by atoms with van der Waals surface area (Å²) in [6.45, 7) is 7.34. The zero-order valence-corrected chi connectivity index (χ0v) is 13.7. The Kier molecular flexibility index (Phi) is 4.42. The van der Waals surface area contributed by atoms with Crippen LogP contribution in [0, 0.1) is 13.8 Å². The van der Waals surface area contributed by atoms with E-state index in [0.29, 0.717) is 23.3 Å². The Labute approximate surface area is 130 Å². The molecule has 0 radical (unpaired) electrons. The number of furan rings is 1. The van der Waals surface area contributed by atoms with Crippen LogP contribution < -0.4 is 5.32 Å². The highest BCUT2D eigenvalue weighted by molar-refractivity contribution is 5.95. The molecule has 0 saturated heterocycles. The lowest BCUT2D eigenvalue weighted by Crippen LogP contribution is -2.39. The third kappa shape index (κ3) is 3.22. The molecule has 0 spiro atoms. The van der Waals surface area contributed by atoms with Crippen LogP contribution in [0.1, 0.15) is 47.0 Å². The summed E-state index contributed by atoms with van der Waals surface area (Å²) in [6, 6.07) is 1.79. The molecule has 0 fully saturated rings.